The van der Waals surface area contributed by atoms with Crippen molar-refractivity contribution in [2.24, 2.45) is 0 Å². The zero-order chi connectivity index (χ0) is 15.2. The molecule has 3 nitrogen and oxygen atoms in total. The number of benzene rings is 1. The third kappa shape index (κ3) is 2.33. The topological polar surface area (TPSA) is 38.9 Å². The Hall–Kier alpha value is -2.15. The number of fused-ring (bicyclic) bond motifs is 1. The molecule has 0 atom stereocenters. The summed E-state index contributed by atoms with van der Waals surface area (Å²) < 4.78 is 57.1. The van der Waals surface area contributed by atoms with E-state index < -0.39 is 23.1 Å². The largest absolute Gasteiger partial charge is 0.436 e. The van der Waals surface area contributed by atoms with Gasteiger partial charge in [0.05, 0.1) is 16.1 Å². The summed E-state index contributed by atoms with van der Waals surface area (Å²) in [6, 6.07) is 3.10. The third-order valence-electron chi connectivity index (χ3n) is 2.81. The Kier molecular flexibility index (Phi) is 3.09. The molecule has 0 aliphatic rings. The van der Waals surface area contributed by atoms with Crippen molar-refractivity contribution in [2.75, 3.05) is 0 Å². The minimum atomic E-state index is -4.80. The van der Waals surface area contributed by atoms with Crippen LogP contribution in [0.1, 0.15) is 5.56 Å². The van der Waals surface area contributed by atoms with E-state index in [1.165, 1.54) is 18.5 Å². The van der Waals surface area contributed by atoms with Gasteiger partial charge in [0.2, 0.25) is 5.89 Å². The average molecular weight is 317 g/mol. The number of hydrogen-bond donors (Lipinski definition) is 0. The van der Waals surface area contributed by atoms with E-state index in [-0.39, 0.29) is 16.5 Å². The van der Waals surface area contributed by atoms with Gasteiger partial charge in [-0.25, -0.2) is 9.37 Å². The second-order valence-corrected chi connectivity index (χ2v) is 4.55. The Labute approximate surface area is 120 Å². The van der Waals surface area contributed by atoms with Crippen LogP contribution in [-0.2, 0) is 6.18 Å². The lowest BCUT2D eigenvalue weighted by Gasteiger charge is -2.06. The van der Waals surface area contributed by atoms with Crippen LogP contribution in [0.2, 0.25) is 5.02 Å². The molecule has 0 bridgehead atoms. The maximum absolute atomic E-state index is 13.9. The number of alkyl halides is 3. The van der Waals surface area contributed by atoms with Gasteiger partial charge in [-0.15, -0.1) is 0 Å². The van der Waals surface area contributed by atoms with Gasteiger partial charge in [0.25, 0.3) is 0 Å². The molecular weight excluding hydrogens is 312 g/mol. The monoisotopic (exact) mass is 316 g/mol. The van der Waals surface area contributed by atoms with Crippen LogP contribution in [0.3, 0.4) is 0 Å². The van der Waals surface area contributed by atoms with E-state index >= 15 is 0 Å². The zero-order valence-electron chi connectivity index (χ0n) is 10.1. The molecule has 2 aromatic heterocycles. The molecule has 0 spiro atoms. The molecule has 0 saturated carbocycles. The molecule has 0 saturated heterocycles. The molecule has 0 fully saturated rings. The Morgan fingerprint density at radius 1 is 1.14 bits per heavy atom. The molecule has 1 aromatic carbocycles. The fourth-order valence-corrected chi connectivity index (χ4v) is 2.04. The highest BCUT2D eigenvalue weighted by molar-refractivity contribution is 6.33. The predicted octanol–water partition coefficient (Wildman–Crippen LogP) is 4.70. The lowest BCUT2D eigenvalue weighted by Crippen LogP contribution is -2.08. The van der Waals surface area contributed by atoms with Crippen LogP contribution >= 0.6 is 11.6 Å². The van der Waals surface area contributed by atoms with Crippen LogP contribution in [0.5, 0.6) is 0 Å². The maximum Gasteiger partial charge on any atom is 0.419 e. The first kappa shape index (κ1) is 13.8. The minimum Gasteiger partial charge on any atom is -0.436 e. The van der Waals surface area contributed by atoms with Gasteiger partial charge in [-0.2, -0.15) is 13.2 Å². The average Bonchev–Trinajstić information content (AvgIpc) is 2.83. The van der Waals surface area contributed by atoms with Gasteiger partial charge in [0.15, 0.2) is 11.4 Å². The van der Waals surface area contributed by atoms with Crippen molar-refractivity contribution in [1.82, 2.24) is 9.97 Å². The number of oxazole rings is 1. The van der Waals surface area contributed by atoms with E-state index in [0.29, 0.717) is 11.6 Å². The van der Waals surface area contributed by atoms with Gasteiger partial charge in [0.1, 0.15) is 5.52 Å². The lowest BCUT2D eigenvalue weighted by molar-refractivity contribution is -0.139. The number of pyridine rings is 1. The van der Waals surface area contributed by atoms with E-state index in [2.05, 4.69) is 9.97 Å². The molecule has 0 aliphatic carbocycles. The fourth-order valence-electron chi connectivity index (χ4n) is 1.84. The first-order valence-corrected chi connectivity index (χ1v) is 6.02. The molecular formula is C13H5ClF4N2O. The smallest absolute Gasteiger partial charge is 0.419 e. The molecule has 0 radical (unpaired) electrons. The van der Waals surface area contributed by atoms with Crippen LogP contribution in [-0.4, -0.2) is 9.97 Å². The summed E-state index contributed by atoms with van der Waals surface area (Å²) in [7, 11) is 0. The molecule has 3 rings (SSSR count). The summed E-state index contributed by atoms with van der Waals surface area (Å²) in [6.07, 6.45) is -2.07. The number of rotatable bonds is 1. The molecule has 0 unspecified atom stereocenters. The second kappa shape index (κ2) is 4.70. The molecule has 0 amide bonds. The highest BCUT2D eigenvalue weighted by Gasteiger charge is 2.35. The van der Waals surface area contributed by atoms with Gasteiger partial charge in [-0.1, -0.05) is 11.6 Å². The van der Waals surface area contributed by atoms with Crippen LogP contribution in [0.15, 0.2) is 35.0 Å². The Morgan fingerprint density at radius 2 is 1.90 bits per heavy atom. The van der Waals surface area contributed by atoms with Crippen LogP contribution in [0.4, 0.5) is 17.6 Å². The minimum absolute atomic E-state index is 0.0735. The van der Waals surface area contributed by atoms with Crippen molar-refractivity contribution < 1.29 is 22.0 Å². The number of nitrogens with zero attached hydrogens (tertiary/aromatic N) is 2. The van der Waals surface area contributed by atoms with Gasteiger partial charge < -0.3 is 4.42 Å². The Morgan fingerprint density at radius 3 is 2.57 bits per heavy atom. The number of halogens is 5. The highest BCUT2D eigenvalue weighted by atomic mass is 35.5. The molecule has 108 valence electrons. The van der Waals surface area contributed by atoms with Crippen molar-refractivity contribution in [2.45, 2.75) is 6.18 Å². The van der Waals surface area contributed by atoms with Crippen LogP contribution < -0.4 is 0 Å². The summed E-state index contributed by atoms with van der Waals surface area (Å²) >= 11 is 5.89. The fraction of sp³-hybridized carbons (Fsp3) is 0.0769. The highest BCUT2D eigenvalue weighted by Crippen LogP contribution is 2.36. The Balaban J connectivity index is 2.22. The van der Waals surface area contributed by atoms with E-state index in [1.807, 2.05) is 0 Å². The first-order valence-electron chi connectivity index (χ1n) is 5.64. The quantitative estimate of drug-likeness (QED) is 0.611. The summed E-state index contributed by atoms with van der Waals surface area (Å²) in [5, 5.41) is 0.195. The molecule has 21 heavy (non-hydrogen) atoms. The molecule has 2 heterocycles. The second-order valence-electron chi connectivity index (χ2n) is 4.15. The van der Waals surface area contributed by atoms with Crippen molar-refractivity contribution in [3.63, 3.8) is 0 Å². The predicted molar refractivity (Wildman–Crippen MR) is 67.2 cm³/mol. The lowest BCUT2D eigenvalue weighted by atomic mass is 10.2. The van der Waals surface area contributed by atoms with E-state index in [9.17, 15) is 17.6 Å². The SMILES string of the molecule is Fc1c(C(F)(F)F)ccc2oc(-c3ccncc3Cl)nc12. The van der Waals surface area contributed by atoms with Crippen molar-refractivity contribution in [1.29, 1.82) is 0 Å². The standard InChI is InChI=1S/C13H5ClF4N2O/c14-8-5-19-4-3-6(8)12-20-11-9(21-12)2-1-7(10(11)15)13(16,17)18/h1-5H. The van der Waals surface area contributed by atoms with Gasteiger partial charge >= 0.3 is 6.18 Å². The number of hydrogen-bond acceptors (Lipinski definition) is 3. The van der Waals surface area contributed by atoms with E-state index in [1.54, 1.807) is 0 Å². The zero-order valence-corrected chi connectivity index (χ0v) is 10.8. The van der Waals surface area contributed by atoms with Gasteiger partial charge in [-0.05, 0) is 18.2 Å². The summed E-state index contributed by atoms with van der Waals surface area (Å²) in [6.45, 7) is 0. The Bertz CT molecular complexity index is 829. The number of aromatic nitrogens is 2. The van der Waals surface area contributed by atoms with Gasteiger partial charge in [0, 0.05) is 12.4 Å². The maximum atomic E-state index is 13.9. The van der Waals surface area contributed by atoms with E-state index in [4.69, 9.17) is 16.0 Å². The molecule has 3 aromatic rings. The van der Waals surface area contributed by atoms with Crippen molar-refractivity contribution in [3.8, 4) is 11.5 Å². The first-order chi connectivity index (χ1) is 9.88. The van der Waals surface area contributed by atoms with Crippen LogP contribution in [0.25, 0.3) is 22.6 Å². The van der Waals surface area contributed by atoms with Crippen LogP contribution in [0, 0.1) is 5.82 Å². The van der Waals surface area contributed by atoms with Gasteiger partial charge in [-0.3, -0.25) is 4.98 Å². The third-order valence-corrected chi connectivity index (χ3v) is 3.11. The molecule has 8 heteroatoms. The summed E-state index contributed by atoms with van der Waals surface area (Å²) in [5.74, 6) is -1.55. The molecule has 0 aliphatic heterocycles. The van der Waals surface area contributed by atoms with Crippen molar-refractivity contribution >= 4 is 22.7 Å². The molecule has 0 N–H and O–H groups in total. The van der Waals surface area contributed by atoms with Crippen molar-refractivity contribution in [3.05, 3.63) is 47.0 Å². The summed E-state index contributed by atoms with van der Waals surface area (Å²) in [5.41, 5.74) is -1.66. The van der Waals surface area contributed by atoms with E-state index in [0.717, 1.165) is 6.07 Å². The normalized spacial score (nSPS) is 12.0. The summed E-state index contributed by atoms with van der Waals surface area (Å²) in [4.78, 5) is 7.53.